The van der Waals surface area contributed by atoms with Gasteiger partial charge in [0.05, 0.1) is 37.2 Å². The quantitative estimate of drug-likeness (QED) is 0.783. The van der Waals surface area contributed by atoms with Crippen molar-refractivity contribution in [1.29, 1.82) is 0 Å². The molecule has 24 heavy (non-hydrogen) atoms. The first kappa shape index (κ1) is 15.5. The molecular formula is C19H22N3OS+. The molecule has 0 radical (unpaired) electrons. The average Bonchev–Trinajstić information content (AvgIpc) is 2.93. The zero-order valence-electron chi connectivity index (χ0n) is 14.1. The lowest BCUT2D eigenvalue weighted by molar-refractivity contribution is -0.659. The van der Waals surface area contributed by atoms with Gasteiger partial charge < -0.3 is 9.64 Å². The molecular weight excluding hydrogens is 318 g/mol. The van der Waals surface area contributed by atoms with Crippen molar-refractivity contribution in [2.45, 2.75) is 4.90 Å². The largest absolute Gasteiger partial charge is 0.373 e. The Morgan fingerprint density at radius 2 is 1.96 bits per heavy atom. The zero-order valence-corrected chi connectivity index (χ0v) is 14.9. The Morgan fingerprint density at radius 3 is 2.75 bits per heavy atom. The maximum absolute atomic E-state index is 5.48. The molecule has 124 valence electrons. The topological polar surface area (TPSA) is 19.6 Å². The number of rotatable bonds is 2. The van der Waals surface area contributed by atoms with Crippen LogP contribution in [-0.2, 0) is 11.8 Å². The molecule has 2 aromatic rings. The standard InChI is InChI=1S/C19H22N3OS/c1-20-8-7-15(13-18(20)22-9-11-23-12-10-22)14-19-21(2)16-5-3-4-6-17(16)24-19/h3-8,13-14H,9-12H2,1-2H3/q+1. The summed E-state index contributed by atoms with van der Waals surface area (Å²) in [6.07, 6.45) is 4.42. The van der Waals surface area contributed by atoms with Crippen molar-refractivity contribution in [2.75, 3.05) is 43.2 Å². The first-order valence-corrected chi connectivity index (χ1v) is 9.09. The predicted octanol–water partition coefficient (Wildman–Crippen LogP) is 2.89. The molecule has 1 aromatic heterocycles. The summed E-state index contributed by atoms with van der Waals surface area (Å²) in [6.45, 7) is 3.51. The molecule has 3 heterocycles. The van der Waals surface area contributed by atoms with Gasteiger partial charge in [-0.1, -0.05) is 23.9 Å². The Kier molecular flexibility index (Phi) is 4.21. The summed E-state index contributed by atoms with van der Waals surface area (Å²) in [6, 6.07) is 13.0. The second-order valence-electron chi connectivity index (χ2n) is 6.14. The number of para-hydroxylation sites is 1. The van der Waals surface area contributed by atoms with Crippen LogP contribution in [0.2, 0.25) is 0 Å². The van der Waals surface area contributed by atoms with Gasteiger partial charge in [-0.2, -0.15) is 0 Å². The minimum atomic E-state index is 0.805. The highest BCUT2D eigenvalue weighted by molar-refractivity contribution is 8.03. The van der Waals surface area contributed by atoms with Crippen LogP contribution in [0.4, 0.5) is 11.5 Å². The van der Waals surface area contributed by atoms with Crippen LogP contribution in [0.25, 0.3) is 6.08 Å². The summed E-state index contributed by atoms with van der Waals surface area (Å²) >= 11 is 1.83. The highest BCUT2D eigenvalue weighted by Crippen LogP contribution is 2.45. The smallest absolute Gasteiger partial charge is 0.277 e. The van der Waals surface area contributed by atoms with E-state index in [2.05, 4.69) is 77.1 Å². The van der Waals surface area contributed by atoms with Crippen molar-refractivity contribution in [3.8, 4) is 0 Å². The van der Waals surface area contributed by atoms with Gasteiger partial charge in [0.25, 0.3) is 5.82 Å². The van der Waals surface area contributed by atoms with Gasteiger partial charge in [-0.05, 0) is 29.8 Å². The summed E-state index contributed by atoms with van der Waals surface area (Å²) in [7, 11) is 4.24. The maximum Gasteiger partial charge on any atom is 0.277 e. The van der Waals surface area contributed by atoms with E-state index in [0.29, 0.717) is 0 Å². The fraction of sp³-hybridized carbons (Fsp3) is 0.316. The molecule has 1 aromatic carbocycles. The van der Waals surface area contributed by atoms with Crippen LogP contribution in [0.15, 0.2) is 52.5 Å². The molecule has 2 aliphatic rings. The molecule has 1 saturated heterocycles. The Bertz CT molecular complexity index is 784. The highest BCUT2D eigenvalue weighted by Gasteiger charge is 2.23. The molecule has 1 fully saturated rings. The summed E-state index contributed by atoms with van der Waals surface area (Å²) in [5, 5.41) is 1.26. The minimum absolute atomic E-state index is 0.805. The summed E-state index contributed by atoms with van der Waals surface area (Å²) in [5.74, 6) is 1.25. The van der Waals surface area contributed by atoms with Gasteiger partial charge in [-0.15, -0.1) is 0 Å². The fourth-order valence-electron chi connectivity index (χ4n) is 3.16. The van der Waals surface area contributed by atoms with Crippen LogP contribution >= 0.6 is 11.8 Å². The van der Waals surface area contributed by atoms with Crippen LogP contribution in [0, 0.1) is 0 Å². The van der Waals surface area contributed by atoms with Crippen LogP contribution in [0.1, 0.15) is 5.56 Å². The van der Waals surface area contributed by atoms with Crippen molar-refractivity contribution in [2.24, 2.45) is 7.05 Å². The fourth-order valence-corrected chi connectivity index (χ4v) is 4.27. The van der Waals surface area contributed by atoms with Crippen molar-refractivity contribution >= 4 is 29.3 Å². The minimum Gasteiger partial charge on any atom is -0.373 e. The van der Waals surface area contributed by atoms with E-state index in [0.717, 1.165) is 26.3 Å². The van der Waals surface area contributed by atoms with Crippen molar-refractivity contribution < 1.29 is 9.30 Å². The van der Waals surface area contributed by atoms with Gasteiger partial charge >= 0.3 is 0 Å². The SMILES string of the molecule is CN1/C(=C/c2cc[n+](C)c(N3CCOCC3)c2)Sc2ccccc21. The number of benzene rings is 1. The van der Waals surface area contributed by atoms with Crippen LogP contribution in [0.5, 0.6) is 0 Å². The Balaban J connectivity index is 1.63. The van der Waals surface area contributed by atoms with Crippen molar-refractivity contribution in [3.05, 3.63) is 53.2 Å². The van der Waals surface area contributed by atoms with E-state index >= 15 is 0 Å². The van der Waals surface area contributed by atoms with E-state index in [-0.39, 0.29) is 0 Å². The third-order valence-electron chi connectivity index (χ3n) is 4.54. The van der Waals surface area contributed by atoms with Gasteiger partial charge in [0.2, 0.25) is 0 Å². The van der Waals surface area contributed by atoms with Crippen LogP contribution in [-0.4, -0.2) is 33.4 Å². The van der Waals surface area contributed by atoms with E-state index in [9.17, 15) is 0 Å². The molecule has 2 aliphatic heterocycles. The monoisotopic (exact) mass is 340 g/mol. The number of ether oxygens (including phenoxy) is 1. The molecule has 0 aliphatic carbocycles. The second-order valence-corrected chi connectivity index (χ2v) is 7.20. The summed E-state index contributed by atoms with van der Waals surface area (Å²) in [4.78, 5) is 5.98. The number of aryl methyl sites for hydroxylation is 1. The molecule has 0 unspecified atom stereocenters. The number of aromatic nitrogens is 1. The number of pyridine rings is 1. The molecule has 0 spiro atoms. The number of hydrogen-bond acceptors (Lipinski definition) is 4. The third kappa shape index (κ3) is 2.89. The van der Waals surface area contributed by atoms with Crippen LogP contribution in [0.3, 0.4) is 0 Å². The normalized spacial score (nSPS) is 19.0. The van der Waals surface area contributed by atoms with E-state index < -0.39 is 0 Å². The molecule has 0 bridgehead atoms. The number of nitrogens with zero attached hydrogens (tertiary/aromatic N) is 3. The van der Waals surface area contributed by atoms with Gasteiger partial charge in [0, 0.05) is 18.0 Å². The molecule has 5 heteroatoms. The van der Waals surface area contributed by atoms with Gasteiger partial charge in [0.15, 0.2) is 0 Å². The van der Waals surface area contributed by atoms with Crippen molar-refractivity contribution in [1.82, 2.24) is 0 Å². The number of thioether (sulfide) groups is 1. The maximum atomic E-state index is 5.48. The number of morpholine rings is 1. The predicted molar refractivity (Wildman–Crippen MR) is 99.3 cm³/mol. The lowest BCUT2D eigenvalue weighted by atomic mass is 10.2. The molecule has 4 rings (SSSR count). The molecule has 0 amide bonds. The molecule has 0 saturated carbocycles. The van der Waals surface area contributed by atoms with Gasteiger partial charge in [-0.3, -0.25) is 4.90 Å². The lowest BCUT2D eigenvalue weighted by Gasteiger charge is -2.23. The van der Waals surface area contributed by atoms with Crippen LogP contribution < -0.4 is 14.4 Å². The summed E-state index contributed by atoms with van der Waals surface area (Å²) < 4.78 is 7.66. The van der Waals surface area contributed by atoms with E-state index in [1.165, 1.54) is 27.0 Å². The Labute approximate surface area is 147 Å². The highest BCUT2D eigenvalue weighted by atomic mass is 32.2. The number of anilines is 2. The van der Waals surface area contributed by atoms with Gasteiger partial charge in [0.1, 0.15) is 13.1 Å². The summed E-state index contributed by atoms with van der Waals surface area (Å²) in [5.41, 5.74) is 2.51. The zero-order chi connectivity index (χ0) is 16.5. The van der Waals surface area contributed by atoms with Gasteiger partial charge in [-0.25, -0.2) is 4.57 Å². The first-order valence-electron chi connectivity index (χ1n) is 8.27. The van der Waals surface area contributed by atoms with Crippen molar-refractivity contribution in [3.63, 3.8) is 0 Å². The van der Waals surface area contributed by atoms with E-state index in [1.807, 2.05) is 11.8 Å². The molecule has 4 nitrogen and oxygen atoms in total. The third-order valence-corrected chi connectivity index (χ3v) is 5.71. The number of fused-ring (bicyclic) bond motifs is 1. The molecule has 0 atom stereocenters. The number of hydrogen-bond donors (Lipinski definition) is 0. The Morgan fingerprint density at radius 1 is 1.17 bits per heavy atom. The average molecular weight is 340 g/mol. The molecule has 0 N–H and O–H groups in total. The van der Waals surface area contributed by atoms with E-state index in [4.69, 9.17) is 4.74 Å². The lowest BCUT2D eigenvalue weighted by Crippen LogP contribution is -2.44. The first-order chi connectivity index (χ1) is 11.7. The van der Waals surface area contributed by atoms with E-state index in [1.54, 1.807) is 0 Å². The Hall–Kier alpha value is -1.98. The second kappa shape index (κ2) is 6.49.